The summed E-state index contributed by atoms with van der Waals surface area (Å²) in [5.74, 6) is 1.15. The monoisotopic (exact) mass is 457 g/mol. The smallest absolute Gasteiger partial charge is 0.423 e. The Morgan fingerprint density at radius 2 is 2.09 bits per heavy atom. The fourth-order valence-corrected chi connectivity index (χ4v) is 4.24. The van der Waals surface area contributed by atoms with Gasteiger partial charge in [-0.1, -0.05) is 24.3 Å². The number of imidazole rings is 1. The van der Waals surface area contributed by atoms with Gasteiger partial charge in [0.25, 0.3) is 5.91 Å². The molecule has 0 bridgehead atoms. The van der Waals surface area contributed by atoms with Crippen LogP contribution in [0.3, 0.4) is 0 Å². The third kappa shape index (κ3) is 4.12. The number of hydrogen-bond donors (Lipinski definition) is 4. The molecule has 0 radical (unpaired) electrons. The van der Waals surface area contributed by atoms with E-state index in [1.54, 1.807) is 47.1 Å². The van der Waals surface area contributed by atoms with Gasteiger partial charge < -0.3 is 26.0 Å². The van der Waals surface area contributed by atoms with Gasteiger partial charge in [-0.25, -0.2) is 15.0 Å². The van der Waals surface area contributed by atoms with E-state index < -0.39 is 13.0 Å². The number of nitrogens with one attached hydrogen (secondary N) is 1. The first-order chi connectivity index (χ1) is 16.4. The van der Waals surface area contributed by atoms with Crippen LogP contribution in [0.25, 0.3) is 17.2 Å². The van der Waals surface area contributed by atoms with Gasteiger partial charge in [0.1, 0.15) is 5.82 Å². The highest BCUT2D eigenvalue weighted by atomic mass is 16.4. The van der Waals surface area contributed by atoms with E-state index in [1.165, 1.54) is 0 Å². The van der Waals surface area contributed by atoms with E-state index in [-0.39, 0.29) is 0 Å². The molecule has 3 aromatic heterocycles. The van der Waals surface area contributed by atoms with Crippen molar-refractivity contribution >= 4 is 29.8 Å². The summed E-state index contributed by atoms with van der Waals surface area (Å²) in [6.45, 7) is 2.04. The predicted octanol–water partition coefficient (Wildman–Crippen LogP) is 0.170. The summed E-state index contributed by atoms with van der Waals surface area (Å²) in [6, 6.07) is 10.5. The van der Waals surface area contributed by atoms with E-state index >= 15 is 0 Å². The van der Waals surface area contributed by atoms with E-state index in [0.29, 0.717) is 47.1 Å². The molecule has 1 aromatic carbocycles. The van der Waals surface area contributed by atoms with E-state index in [1.807, 2.05) is 6.07 Å². The summed E-state index contributed by atoms with van der Waals surface area (Å²) in [6.07, 6.45) is 4.18. The molecule has 34 heavy (non-hydrogen) atoms. The second kappa shape index (κ2) is 8.86. The van der Waals surface area contributed by atoms with Gasteiger partial charge in [0.15, 0.2) is 11.6 Å². The number of likely N-dealkylation sites (N-methyl/N-ethyl adjacent to an activating group) is 1. The van der Waals surface area contributed by atoms with Gasteiger partial charge in [0.2, 0.25) is 0 Å². The fraction of sp³-hybridized carbons (Fsp3) is 0.217. The van der Waals surface area contributed by atoms with Gasteiger partial charge in [-0.05, 0) is 30.2 Å². The largest absolute Gasteiger partial charge is 0.488 e. The minimum atomic E-state index is -1.52. The zero-order chi connectivity index (χ0) is 23.8. The number of hydrogen-bond acceptors (Lipinski definition) is 8. The van der Waals surface area contributed by atoms with Crippen LogP contribution in [-0.2, 0) is 19.5 Å². The number of nitrogens with two attached hydrogens (primary N) is 1. The number of nitrogens with zero attached hydrogens (tertiary/aromatic N) is 5. The quantitative estimate of drug-likeness (QED) is 0.300. The number of pyridine rings is 1. The van der Waals surface area contributed by atoms with Crippen molar-refractivity contribution in [2.45, 2.75) is 19.5 Å². The standard InChI is InChI=1S/C23H24BN7O3/c1-30-9-7-18-17(13-30)21(26-11-14-4-2-5-15(10-14)24(33)34)29-22(28-18)23-27-12-19-16(20(25)32)6-3-8-31(19)23/h2-6,8,10,12,33-34H,7,9,11,13H2,1H3,(H2,25,32)(H,26,28,29). The van der Waals surface area contributed by atoms with Gasteiger partial charge in [0, 0.05) is 37.8 Å². The molecule has 0 saturated heterocycles. The number of benzene rings is 1. The molecule has 1 amide bonds. The summed E-state index contributed by atoms with van der Waals surface area (Å²) >= 11 is 0. The van der Waals surface area contributed by atoms with Crippen LogP contribution in [0.2, 0.25) is 0 Å². The van der Waals surface area contributed by atoms with Crippen LogP contribution in [0.15, 0.2) is 48.8 Å². The molecule has 5 N–H and O–H groups in total. The summed E-state index contributed by atoms with van der Waals surface area (Å²) < 4.78 is 1.77. The van der Waals surface area contributed by atoms with Crippen molar-refractivity contribution in [2.24, 2.45) is 5.73 Å². The molecule has 4 aromatic rings. The van der Waals surface area contributed by atoms with Gasteiger partial charge in [-0.3, -0.25) is 9.20 Å². The molecule has 0 saturated carbocycles. The molecule has 172 valence electrons. The van der Waals surface area contributed by atoms with Crippen LogP contribution in [0.1, 0.15) is 27.2 Å². The van der Waals surface area contributed by atoms with E-state index in [2.05, 4.69) is 22.2 Å². The summed E-state index contributed by atoms with van der Waals surface area (Å²) in [5, 5.41) is 22.4. The summed E-state index contributed by atoms with van der Waals surface area (Å²) in [7, 11) is 0.534. The molecule has 1 aliphatic rings. The number of carbonyl (C=O) groups excluding carboxylic acids is 1. The number of primary amides is 1. The first kappa shape index (κ1) is 22.0. The topological polar surface area (TPSA) is 142 Å². The Hall–Kier alpha value is -3.80. The van der Waals surface area contributed by atoms with Crippen LogP contribution >= 0.6 is 0 Å². The normalized spacial score (nSPS) is 13.6. The molecule has 4 heterocycles. The predicted molar refractivity (Wildman–Crippen MR) is 128 cm³/mol. The van der Waals surface area contributed by atoms with E-state index in [4.69, 9.17) is 15.7 Å². The molecule has 1 aliphatic heterocycles. The van der Waals surface area contributed by atoms with Gasteiger partial charge >= 0.3 is 7.12 Å². The van der Waals surface area contributed by atoms with Crippen molar-refractivity contribution in [3.05, 3.63) is 71.2 Å². The Balaban J connectivity index is 1.55. The maximum Gasteiger partial charge on any atom is 0.488 e. The van der Waals surface area contributed by atoms with Crippen LogP contribution in [0.5, 0.6) is 0 Å². The second-order valence-corrected chi connectivity index (χ2v) is 8.40. The lowest BCUT2D eigenvalue weighted by Gasteiger charge is -2.26. The molecule has 0 spiro atoms. The van der Waals surface area contributed by atoms with Gasteiger partial charge in [0.05, 0.1) is 23.0 Å². The number of carbonyl (C=O) groups is 1. The minimum absolute atomic E-state index is 0.380. The van der Waals surface area contributed by atoms with E-state index in [9.17, 15) is 14.8 Å². The highest BCUT2D eigenvalue weighted by Gasteiger charge is 2.23. The molecule has 5 rings (SSSR count). The van der Waals surface area contributed by atoms with Crippen molar-refractivity contribution in [1.29, 1.82) is 0 Å². The molecule has 0 fully saturated rings. The average Bonchev–Trinajstić information content (AvgIpc) is 3.27. The second-order valence-electron chi connectivity index (χ2n) is 8.40. The first-order valence-electron chi connectivity index (χ1n) is 10.9. The number of fused-ring (bicyclic) bond motifs is 2. The van der Waals surface area contributed by atoms with Crippen molar-refractivity contribution in [3.8, 4) is 11.6 Å². The molecule has 11 heteroatoms. The Bertz CT molecular complexity index is 1390. The van der Waals surface area contributed by atoms with Gasteiger partial charge in [-0.2, -0.15) is 0 Å². The third-order valence-corrected chi connectivity index (χ3v) is 6.00. The Kier molecular flexibility index (Phi) is 5.74. The maximum absolute atomic E-state index is 11.8. The number of amides is 1. The van der Waals surface area contributed by atoms with Crippen molar-refractivity contribution in [2.75, 3.05) is 18.9 Å². The van der Waals surface area contributed by atoms with Crippen molar-refractivity contribution in [1.82, 2.24) is 24.3 Å². The fourth-order valence-electron chi connectivity index (χ4n) is 4.24. The van der Waals surface area contributed by atoms with E-state index in [0.717, 1.165) is 29.8 Å². The molecule has 0 atom stereocenters. The molecule has 0 unspecified atom stereocenters. The minimum Gasteiger partial charge on any atom is -0.423 e. The molecule has 0 aliphatic carbocycles. The lowest BCUT2D eigenvalue weighted by Crippen LogP contribution is -2.30. The molecule has 10 nitrogen and oxygen atoms in total. The molecular formula is C23H24BN7O3. The van der Waals surface area contributed by atoms with Crippen LogP contribution in [-0.4, -0.2) is 60.9 Å². The maximum atomic E-state index is 11.8. The highest BCUT2D eigenvalue weighted by molar-refractivity contribution is 6.58. The van der Waals surface area contributed by atoms with Crippen LogP contribution in [0.4, 0.5) is 5.82 Å². The number of aromatic nitrogens is 4. The average molecular weight is 457 g/mol. The lowest BCUT2D eigenvalue weighted by molar-refractivity contribution is 0.100. The summed E-state index contributed by atoms with van der Waals surface area (Å²) in [4.78, 5) is 28.2. The zero-order valence-corrected chi connectivity index (χ0v) is 18.6. The number of rotatable bonds is 6. The lowest BCUT2D eigenvalue weighted by atomic mass is 9.79. The highest BCUT2D eigenvalue weighted by Crippen LogP contribution is 2.27. The molecular weight excluding hydrogens is 433 g/mol. The van der Waals surface area contributed by atoms with Crippen LogP contribution in [0, 0.1) is 0 Å². The van der Waals surface area contributed by atoms with Crippen LogP contribution < -0.4 is 16.5 Å². The Morgan fingerprint density at radius 3 is 2.88 bits per heavy atom. The SMILES string of the molecule is CN1CCc2nc(-c3ncc4c(C(N)=O)cccn34)nc(NCc3cccc(B(O)O)c3)c2C1. The summed E-state index contributed by atoms with van der Waals surface area (Å²) in [5.41, 5.74) is 9.79. The Morgan fingerprint density at radius 1 is 1.24 bits per heavy atom. The third-order valence-electron chi connectivity index (χ3n) is 6.00. The van der Waals surface area contributed by atoms with Crippen molar-refractivity contribution in [3.63, 3.8) is 0 Å². The number of anilines is 1. The van der Waals surface area contributed by atoms with Crippen molar-refractivity contribution < 1.29 is 14.8 Å². The first-order valence-corrected chi connectivity index (χ1v) is 10.9. The Labute approximate surface area is 196 Å². The zero-order valence-electron chi connectivity index (χ0n) is 18.6. The van der Waals surface area contributed by atoms with Gasteiger partial charge in [-0.15, -0.1) is 0 Å².